The Kier molecular flexibility index (Phi) is 24.2. The first-order chi connectivity index (χ1) is 4.18. The maximum Gasteiger partial charge on any atom is 0.178 e. The predicted octanol–water partition coefficient (Wildman–Crippen LogP) is -0.108. The molecule has 0 atom stereocenters. The first-order valence-electron chi connectivity index (χ1n) is 2.11. The Morgan fingerprint density at radius 2 is 0.769 bits per heavy atom. The van der Waals surface area contributed by atoms with Gasteiger partial charge in [0.05, 0.1) is 0 Å². The zero-order chi connectivity index (χ0) is 6.85. The van der Waals surface area contributed by atoms with E-state index in [1.807, 2.05) is 0 Å². The summed E-state index contributed by atoms with van der Waals surface area (Å²) in [6.45, 7) is 0. The minimum Gasteiger partial charge on any atom is -0.412 e. The Hall–Kier alpha value is 2.63. The molecule has 0 aliphatic rings. The quantitative estimate of drug-likeness (QED) is 0.452. The van der Waals surface area contributed by atoms with E-state index in [4.69, 9.17) is 36.7 Å². The second-order valence-corrected chi connectivity index (χ2v) is 2.59. The predicted molar refractivity (Wildman–Crippen MR) is 62.9 cm³/mol. The summed E-state index contributed by atoms with van der Waals surface area (Å²) in [5, 5.41) is 0. The molecular weight excluding hydrogens is 259 g/mol. The van der Waals surface area contributed by atoms with Crippen LogP contribution < -0.4 is 0 Å². The SMILES string of the molecule is O.S=c1[nH]c(=S)[nH]c(=S)[nH]1.[Na].[Na].[Na]. The molecule has 0 aliphatic carbocycles. The summed E-state index contributed by atoms with van der Waals surface area (Å²) >= 11 is 14.2. The van der Waals surface area contributed by atoms with Crippen LogP contribution in [-0.2, 0) is 0 Å². The Bertz CT molecular complexity index is 292. The summed E-state index contributed by atoms with van der Waals surface area (Å²) in [4.78, 5) is 7.99. The fourth-order valence-corrected chi connectivity index (χ4v) is 1.21. The van der Waals surface area contributed by atoms with Crippen molar-refractivity contribution in [3.63, 3.8) is 0 Å². The molecule has 0 saturated heterocycles. The van der Waals surface area contributed by atoms with Gasteiger partial charge >= 0.3 is 0 Å². The molecule has 0 fully saturated rings. The Balaban J connectivity index is -0.000000101. The average Bonchev–Trinajstić information content (AvgIpc) is 1.59. The van der Waals surface area contributed by atoms with Gasteiger partial charge in [-0.05, 0) is 36.7 Å². The van der Waals surface area contributed by atoms with Crippen LogP contribution in [0.15, 0.2) is 0 Å². The van der Waals surface area contributed by atoms with E-state index < -0.39 is 0 Å². The van der Waals surface area contributed by atoms with Crippen LogP contribution in [0, 0.1) is 14.3 Å². The van der Waals surface area contributed by atoms with Crippen molar-refractivity contribution in [3.8, 4) is 0 Å². The smallest absolute Gasteiger partial charge is 0.178 e. The van der Waals surface area contributed by atoms with E-state index in [0.29, 0.717) is 14.3 Å². The van der Waals surface area contributed by atoms with Crippen LogP contribution in [0.25, 0.3) is 0 Å². The molecule has 59 valence electrons. The molecule has 0 unspecified atom stereocenters. The molecule has 0 spiro atoms. The summed E-state index contributed by atoms with van der Waals surface area (Å²) in [7, 11) is 0. The van der Waals surface area contributed by atoms with Gasteiger partial charge in [0.2, 0.25) is 0 Å². The van der Waals surface area contributed by atoms with Gasteiger partial charge in [0.25, 0.3) is 0 Å². The number of hydrogen-bond donors (Lipinski definition) is 3. The van der Waals surface area contributed by atoms with Gasteiger partial charge in [0.15, 0.2) is 14.3 Å². The van der Waals surface area contributed by atoms with Gasteiger partial charge in [-0.3, -0.25) is 0 Å². The first kappa shape index (κ1) is 24.7. The van der Waals surface area contributed by atoms with Crippen LogP contribution in [0.3, 0.4) is 0 Å². The molecule has 10 heteroatoms. The van der Waals surface area contributed by atoms with Crippen molar-refractivity contribution in [2.75, 3.05) is 0 Å². The summed E-state index contributed by atoms with van der Waals surface area (Å²) in [6.07, 6.45) is 0. The monoisotopic (exact) mass is 264 g/mol. The topological polar surface area (TPSA) is 78.9 Å². The third kappa shape index (κ3) is 10.9. The Morgan fingerprint density at radius 1 is 0.615 bits per heavy atom. The van der Waals surface area contributed by atoms with Crippen LogP contribution in [0.1, 0.15) is 0 Å². The molecule has 1 aromatic heterocycles. The molecule has 1 rings (SSSR count). The number of rotatable bonds is 0. The molecule has 13 heavy (non-hydrogen) atoms. The van der Waals surface area contributed by atoms with Crippen LogP contribution in [0.5, 0.6) is 0 Å². The molecular formula is C3H5N3Na3OS3. The molecule has 1 aromatic rings. The molecule has 0 aromatic carbocycles. The van der Waals surface area contributed by atoms with Crippen LogP contribution in [-0.4, -0.2) is 109 Å². The summed E-state index contributed by atoms with van der Waals surface area (Å²) in [5.74, 6) is 0. The second-order valence-electron chi connectivity index (χ2n) is 1.36. The van der Waals surface area contributed by atoms with Crippen molar-refractivity contribution in [1.82, 2.24) is 15.0 Å². The van der Waals surface area contributed by atoms with Crippen LogP contribution in [0.2, 0.25) is 0 Å². The minimum atomic E-state index is 0. The van der Waals surface area contributed by atoms with Crippen LogP contribution in [0.4, 0.5) is 0 Å². The summed E-state index contributed by atoms with van der Waals surface area (Å²) in [5.41, 5.74) is 0. The number of hydrogen-bond acceptors (Lipinski definition) is 3. The standard InChI is InChI=1S/C3H3N3S3.3Na.H2O/c7-1-4-2(8)6-3(9)5-1;;;;/h(H3,4,5,6,7,8,9);;;;1H2. The van der Waals surface area contributed by atoms with Gasteiger partial charge in [-0.25, -0.2) is 0 Å². The van der Waals surface area contributed by atoms with Gasteiger partial charge < -0.3 is 20.4 Å². The number of nitrogens with one attached hydrogen (secondary N) is 3. The van der Waals surface area contributed by atoms with E-state index in [1.165, 1.54) is 0 Å². The molecule has 0 saturated carbocycles. The molecule has 0 amide bonds. The van der Waals surface area contributed by atoms with E-state index in [1.54, 1.807) is 0 Å². The maximum absolute atomic E-state index is 4.72. The number of aromatic nitrogens is 3. The molecule has 4 nitrogen and oxygen atoms in total. The first-order valence-corrected chi connectivity index (χ1v) is 3.34. The Labute approximate surface area is 157 Å². The molecule has 0 aliphatic heterocycles. The number of aromatic amines is 3. The van der Waals surface area contributed by atoms with E-state index >= 15 is 0 Å². The van der Waals surface area contributed by atoms with E-state index in [0.717, 1.165) is 0 Å². The zero-order valence-electron chi connectivity index (χ0n) is 7.72. The van der Waals surface area contributed by atoms with Gasteiger partial charge in [-0.1, -0.05) is 0 Å². The van der Waals surface area contributed by atoms with E-state index in [-0.39, 0.29) is 94.1 Å². The second kappa shape index (κ2) is 12.7. The van der Waals surface area contributed by atoms with Gasteiger partial charge in [0, 0.05) is 88.7 Å². The van der Waals surface area contributed by atoms with Crippen molar-refractivity contribution in [2.45, 2.75) is 0 Å². The van der Waals surface area contributed by atoms with Crippen molar-refractivity contribution < 1.29 is 5.48 Å². The maximum atomic E-state index is 4.72. The summed E-state index contributed by atoms with van der Waals surface area (Å²) in [6, 6.07) is 0. The molecule has 3 radical (unpaired) electrons. The number of H-pyrrole nitrogens is 3. The third-order valence-electron chi connectivity index (χ3n) is 0.681. The largest absolute Gasteiger partial charge is 0.412 e. The van der Waals surface area contributed by atoms with Crippen molar-refractivity contribution in [3.05, 3.63) is 14.3 Å². The van der Waals surface area contributed by atoms with E-state index in [2.05, 4.69) is 15.0 Å². The normalized spacial score (nSPS) is 6.46. The van der Waals surface area contributed by atoms with Gasteiger partial charge in [-0.2, -0.15) is 0 Å². The van der Waals surface area contributed by atoms with E-state index in [9.17, 15) is 0 Å². The minimum absolute atomic E-state index is 0. The fourth-order valence-electron chi connectivity index (χ4n) is 0.403. The van der Waals surface area contributed by atoms with Crippen molar-refractivity contribution in [1.29, 1.82) is 0 Å². The molecule has 1 heterocycles. The van der Waals surface area contributed by atoms with Crippen molar-refractivity contribution in [2.24, 2.45) is 0 Å². The van der Waals surface area contributed by atoms with Crippen molar-refractivity contribution >= 4 is 125 Å². The summed E-state index contributed by atoms with van der Waals surface area (Å²) < 4.78 is 1.34. The molecule has 5 N–H and O–H groups in total. The third-order valence-corrected chi connectivity index (χ3v) is 1.29. The Morgan fingerprint density at radius 3 is 0.923 bits per heavy atom. The fraction of sp³-hybridized carbons (Fsp3) is 0. The molecule has 0 bridgehead atoms. The van der Waals surface area contributed by atoms with Gasteiger partial charge in [-0.15, -0.1) is 0 Å². The average molecular weight is 264 g/mol. The van der Waals surface area contributed by atoms with Crippen LogP contribution >= 0.6 is 36.7 Å². The van der Waals surface area contributed by atoms with Gasteiger partial charge in [0.1, 0.15) is 0 Å². The zero-order valence-corrected chi connectivity index (χ0v) is 16.2.